The minimum absolute atomic E-state index is 0.0669. The zero-order valence-corrected chi connectivity index (χ0v) is 18.5. The van der Waals surface area contributed by atoms with Crippen molar-refractivity contribution in [3.63, 3.8) is 0 Å². The largest absolute Gasteiger partial charge is 0.468 e. The van der Waals surface area contributed by atoms with Crippen molar-refractivity contribution < 1.29 is 27.5 Å². The van der Waals surface area contributed by atoms with Crippen molar-refractivity contribution in [2.24, 2.45) is 0 Å². The quantitative estimate of drug-likeness (QED) is 0.687. The molecule has 0 bridgehead atoms. The van der Waals surface area contributed by atoms with Gasteiger partial charge in [0.25, 0.3) is 0 Å². The number of sulfonamides is 1. The summed E-state index contributed by atoms with van der Waals surface area (Å²) in [5, 5.41) is -0.408. The Bertz CT molecular complexity index is 915. The van der Waals surface area contributed by atoms with Crippen molar-refractivity contribution in [2.75, 3.05) is 24.9 Å². The molecule has 1 aliphatic carbocycles. The molecular formula is C19H28N4O6S. The topological polar surface area (TPSA) is 128 Å². The molecule has 2 aliphatic rings. The van der Waals surface area contributed by atoms with Crippen LogP contribution >= 0.6 is 0 Å². The Hall–Kier alpha value is -2.43. The second-order valence-electron chi connectivity index (χ2n) is 8.68. The maximum Gasteiger partial charge on any atom is 0.410 e. The number of aromatic nitrogens is 2. The summed E-state index contributed by atoms with van der Waals surface area (Å²) in [6.45, 7) is 5.90. The van der Waals surface area contributed by atoms with Crippen molar-refractivity contribution in [3.05, 3.63) is 18.1 Å². The molecule has 0 unspecified atom stereocenters. The fourth-order valence-corrected chi connectivity index (χ4v) is 4.72. The van der Waals surface area contributed by atoms with Gasteiger partial charge in [0.05, 0.1) is 24.3 Å². The highest BCUT2D eigenvalue weighted by Crippen LogP contribution is 2.37. The number of amides is 1. The highest BCUT2D eigenvalue weighted by Gasteiger charge is 2.47. The van der Waals surface area contributed by atoms with Crippen LogP contribution in [0.5, 0.6) is 0 Å². The van der Waals surface area contributed by atoms with Crippen LogP contribution in [0.4, 0.5) is 10.6 Å². The molecule has 0 spiro atoms. The molecule has 1 N–H and O–H groups in total. The van der Waals surface area contributed by atoms with Crippen molar-refractivity contribution in [1.82, 2.24) is 14.9 Å². The molecular weight excluding hydrogens is 412 g/mol. The molecule has 2 fully saturated rings. The van der Waals surface area contributed by atoms with E-state index < -0.39 is 38.4 Å². The average Bonchev–Trinajstić information content (AvgIpc) is 3.52. The first-order chi connectivity index (χ1) is 14.0. The summed E-state index contributed by atoms with van der Waals surface area (Å²) in [7, 11) is -2.22. The van der Waals surface area contributed by atoms with Crippen LogP contribution in [0, 0.1) is 0 Å². The van der Waals surface area contributed by atoms with Crippen LogP contribution in [0.2, 0.25) is 0 Å². The minimum Gasteiger partial charge on any atom is -0.468 e. The summed E-state index contributed by atoms with van der Waals surface area (Å²) in [4.78, 5) is 35.1. The third-order valence-corrected chi connectivity index (χ3v) is 7.02. The van der Waals surface area contributed by atoms with Crippen LogP contribution < -0.4 is 4.72 Å². The Kier molecular flexibility index (Phi) is 5.94. The summed E-state index contributed by atoms with van der Waals surface area (Å²) in [5.74, 6) is -0.430. The van der Waals surface area contributed by atoms with E-state index in [4.69, 9.17) is 9.47 Å². The zero-order valence-electron chi connectivity index (χ0n) is 17.7. The number of nitrogens with zero attached hydrogens (tertiary/aromatic N) is 3. The number of nitrogens with one attached hydrogen (secondary N) is 1. The molecule has 1 saturated heterocycles. The van der Waals surface area contributed by atoms with Gasteiger partial charge in [-0.3, -0.25) is 14.5 Å². The molecule has 0 radical (unpaired) electrons. The monoisotopic (exact) mass is 440 g/mol. The van der Waals surface area contributed by atoms with E-state index in [1.807, 2.05) is 0 Å². The van der Waals surface area contributed by atoms with Crippen LogP contribution in [0.1, 0.15) is 52.1 Å². The second-order valence-corrected chi connectivity index (χ2v) is 10.6. The van der Waals surface area contributed by atoms with Crippen molar-refractivity contribution >= 4 is 27.9 Å². The fourth-order valence-electron chi connectivity index (χ4n) is 3.41. The van der Waals surface area contributed by atoms with Crippen molar-refractivity contribution in [1.29, 1.82) is 0 Å². The molecule has 1 saturated carbocycles. The third kappa shape index (κ3) is 4.82. The standard InChI is InChI=1S/C19H28N4O6S/c1-18(2,3)29-17(25)23-9-7-19(8-10-23,16(24)28-4)14-11-20-12-15(21-14)22-30(26,27)13-5-6-13/h11-13H,5-10H2,1-4H3,(H,21,22). The van der Waals surface area contributed by atoms with Gasteiger partial charge in [0, 0.05) is 19.3 Å². The van der Waals surface area contributed by atoms with Crippen LogP contribution in [0.3, 0.4) is 0 Å². The number of methoxy groups -OCH3 is 1. The van der Waals surface area contributed by atoms with E-state index in [9.17, 15) is 18.0 Å². The van der Waals surface area contributed by atoms with Crippen molar-refractivity contribution in [3.8, 4) is 0 Å². The van der Waals surface area contributed by atoms with Gasteiger partial charge in [0.1, 0.15) is 11.0 Å². The van der Waals surface area contributed by atoms with Gasteiger partial charge in [0.15, 0.2) is 5.82 Å². The average molecular weight is 441 g/mol. The van der Waals surface area contributed by atoms with Gasteiger partial charge in [0.2, 0.25) is 10.0 Å². The van der Waals surface area contributed by atoms with Crippen LogP contribution in [0.25, 0.3) is 0 Å². The fraction of sp³-hybridized carbons (Fsp3) is 0.684. The number of carbonyl (C=O) groups is 2. The molecule has 1 aromatic heterocycles. The third-order valence-electron chi connectivity index (χ3n) is 5.18. The maximum absolute atomic E-state index is 12.7. The molecule has 166 valence electrons. The first kappa shape index (κ1) is 22.3. The summed E-state index contributed by atoms with van der Waals surface area (Å²) in [6, 6.07) is 0. The lowest BCUT2D eigenvalue weighted by Crippen LogP contribution is -2.50. The Morgan fingerprint density at radius 2 is 1.83 bits per heavy atom. The molecule has 0 aromatic carbocycles. The predicted molar refractivity (Wildman–Crippen MR) is 108 cm³/mol. The van der Waals surface area contributed by atoms with Gasteiger partial charge in [-0.05, 0) is 46.5 Å². The zero-order chi connectivity index (χ0) is 22.2. The summed E-state index contributed by atoms with van der Waals surface area (Å²) in [6.07, 6.45) is 4.06. The first-order valence-corrected chi connectivity index (χ1v) is 11.4. The molecule has 2 heterocycles. The number of esters is 1. The van der Waals surface area contributed by atoms with Gasteiger partial charge in [-0.15, -0.1) is 0 Å². The highest BCUT2D eigenvalue weighted by molar-refractivity contribution is 7.93. The number of likely N-dealkylation sites (tertiary alicyclic amines) is 1. The lowest BCUT2D eigenvalue weighted by molar-refractivity contribution is -0.150. The molecule has 11 heteroatoms. The Morgan fingerprint density at radius 3 is 2.37 bits per heavy atom. The number of piperidine rings is 1. The number of hydrogen-bond donors (Lipinski definition) is 1. The summed E-state index contributed by atoms with van der Waals surface area (Å²) in [5.41, 5.74) is -1.43. The van der Waals surface area contributed by atoms with Gasteiger partial charge >= 0.3 is 12.1 Å². The van der Waals surface area contributed by atoms with Gasteiger partial charge < -0.3 is 14.4 Å². The SMILES string of the molecule is COC(=O)C1(c2cncc(NS(=O)(=O)C3CC3)n2)CCN(C(=O)OC(C)(C)C)CC1. The van der Waals surface area contributed by atoms with E-state index in [1.54, 1.807) is 25.7 Å². The van der Waals surface area contributed by atoms with Gasteiger partial charge in [-0.2, -0.15) is 0 Å². The number of carbonyl (C=O) groups excluding carboxylic acids is 2. The molecule has 30 heavy (non-hydrogen) atoms. The van der Waals surface area contributed by atoms with E-state index in [0.717, 1.165) is 0 Å². The first-order valence-electron chi connectivity index (χ1n) is 9.87. The second kappa shape index (κ2) is 8.01. The van der Waals surface area contributed by atoms with E-state index in [2.05, 4.69) is 14.7 Å². The lowest BCUT2D eigenvalue weighted by Gasteiger charge is -2.39. The predicted octanol–water partition coefficient (Wildman–Crippen LogP) is 1.82. The van der Waals surface area contributed by atoms with Crippen LogP contribution in [-0.2, 0) is 29.7 Å². The normalized spacial score (nSPS) is 19.1. The van der Waals surface area contributed by atoms with Crippen molar-refractivity contribution in [2.45, 2.75) is 62.7 Å². The summed E-state index contributed by atoms with van der Waals surface area (Å²) >= 11 is 0. The van der Waals surface area contributed by atoms with Gasteiger partial charge in [-0.1, -0.05) is 0 Å². The highest BCUT2D eigenvalue weighted by atomic mass is 32.2. The lowest BCUT2D eigenvalue weighted by atomic mass is 9.75. The van der Waals surface area contributed by atoms with E-state index >= 15 is 0 Å². The Balaban J connectivity index is 1.81. The molecule has 3 rings (SSSR count). The summed E-state index contributed by atoms with van der Waals surface area (Å²) < 4.78 is 37.3. The Labute approximate surface area is 176 Å². The van der Waals surface area contributed by atoms with E-state index in [-0.39, 0.29) is 31.7 Å². The molecule has 1 aliphatic heterocycles. The van der Waals surface area contributed by atoms with E-state index in [1.165, 1.54) is 19.5 Å². The number of ether oxygens (including phenoxy) is 2. The van der Waals surface area contributed by atoms with Gasteiger partial charge in [-0.25, -0.2) is 18.2 Å². The Morgan fingerprint density at radius 1 is 1.20 bits per heavy atom. The molecule has 10 nitrogen and oxygen atoms in total. The molecule has 0 atom stereocenters. The van der Waals surface area contributed by atoms with Crippen LogP contribution in [0.15, 0.2) is 12.4 Å². The molecule has 1 amide bonds. The molecule has 1 aromatic rings. The van der Waals surface area contributed by atoms with Crippen LogP contribution in [-0.4, -0.2) is 66.4 Å². The number of anilines is 1. The number of hydrogen-bond acceptors (Lipinski definition) is 8. The number of rotatable bonds is 5. The maximum atomic E-state index is 12.7. The smallest absolute Gasteiger partial charge is 0.410 e. The van der Waals surface area contributed by atoms with E-state index in [0.29, 0.717) is 18.5 Å². The minimum atomic E-state index is -3.51.